The Kier molecular flexibility index (Phi) is 4.61. The van der Waals surface area contributed by atoms with Gasteiger partial charge in [0.2, 0.25) is 0 Å². The first-order valence-corrected chi connectivity index (χ1v) is 6.88. The highest BCUT2D eigenvalue weighted by Crippen LogP contribution is 2.14. The highest BCUT2D eigenvalue weighted by Gasteiger charge is 2.11. The van der Waals surface area contributed by atoms with Crippen LogP contribution >= 0.6 is 11.3 Å². The van der Waals surface area contributed by atoms with E-state index in [2.05, 4.69) is 10.7 Å². The summed E-state index contributed by atoms with van der Waals surface area (Å²) < 4.78 is 39.2. The lowest BCUT2D eigenvalue weighted by Gasteiger charge is -2.13. The first kappa shape index (κ1) is 14.1. The molecule has 102 valence electrons. The van der Waals surface area contributed by atoms with Crippen molar-refractivity contribution in [1.82, 2.24) is 5.32 Å². The van der Waals surface area contributed by atoms with Crippen LogP contribution in [-0.4, -0.2) is 6.04 Å². The van der Waals surface area contributed by atoms with Gasteiger partial charge >= 0.3 is 0 Å². The lowest BCUT2D eigenvalue weighted by atomic mass is 10.1. The molecule has 0 aliphatic rings. The Hall–Kier alpha value is -1.33. The van der Waals surface area contributed by atoms with Gasteiger partial charge < -0.3 is 5.32 Å². The van der Waals surface area contributed by atoms with Crippen LogP contribution in [0.25, 0.3) is 0 Å². The van der Waals surface area contributed by atoms with Crippen molar-refractivity contribution in [2.45, 2.75) is 25.9 Å². The molecule has 0 bridgehead atoms. The van der Waals surface area contributed by atoms with Gasteiger partial charge in [-0.1, -0.05) is 0 Å². The largest absolute Gasteiger partial charge is 0.310 e. The van der Waals surface area contributed by atoms with E-state index >= 15 is 0 Å². The average Bonchev–Trinajstić information content (AvgIpc) is 2.85. The molecule has 1 aromatic heterocycles. The Morgan fingerprint density at radius 2 is 1.89 bits per heavy atom. The molecule has 0 saturated heterocycles. The minimum atomic E-state index is -1.16. The number of benzene rings is 1. The standard InChI is InChI=1S/C14H14F3NS/c1-9(4-10-2-3-19-8-10)18-7-11-5-13(16)14(17)6-12(11)15/h2-3,5-6,8-9,18H,4,7H2,1H3. The molecule has 0 saturated carbocycles. The monoisotopic (exact) mass is 285 g/mol. The second-order valence-corrected chi connectivity index (χ2v) is 5.26. The van der Waals surface area contributed by atoms with Crippen molar-refractivity contribution < 1.29 is 13.2 Å². The van der Waals surface area contributed by atoms with Gasteiger partial charge in [-0.25, -0.2) is 13.2 Å². The van der Waals surface area contributed by atoms with Crippen LogP contribution in [0.2, 0.25) is 0 Å². The van der Waals surface area contributed by atoms with Gasteiger partial charge in [0.15, 0.2) is 11.6 Å². The molecule has 1 heterocycles. The summed E-state index contributed by atoms with van der Waals surface area (Å²) >= 11 is 1.62. The SMILES string of the molecule is CC(Cc1ccsc1)NCc1cc(F)c(F)cc1F. The fraction of sp³-hybridized carbons (Fsp3) is 0.286. The molecule has 1 N–H and O–H groups in total. The minimum absolute atomic E-state index is 0.127. The second kappa shape index (κ2) is 6.21. The molecular formula is C14H14F3NS. The third-order valence-electron chi connectivity index (χ3n) is 2.85. The number of hydrogen-bond acceptors (Lipinski definition) is 2. The maximum absolute atomic E-state index is 13.4. The fourth-order valence-corrected chi connectivity index (χ4v) is 2.50. The van der Waals surface area contributed by atoms with Crippen molar-refractivity contribution in [3.05, 3.63) is 57.5 Å². The normalized spacial score (nSPS) is 12.6. The highest BCUT2D eigenvalue weighted by atomic mass is 32.1. The maximum atomic E-state index is 13.4. The summed E-state index contributed by atoms with van der Waals surface area (Å²) in [6.45, 7) is 2.14. The fourth-order valence-electron chi connectivity index (χ4n) is 1.82. The molecule has 0 radical (unpaired) electrons. The van der Waals surface area contributed by atoms with E-state index in [4.69, 9.17) is 0 Å². The summed E-state index contributed by atoms with van der Waals surface area (Å²) in [5.74, 6) is -2.91. The van der Waals surface area contributed by atoms with E-state index in [0.29, 0.717) is 6.07 Å². The minimum Gasteiger partial charge on any atom is -0.310 e. The lowest BCUT2D eigenvalue weighted by molar-refractivity contribution is 0.479. The Bertz CT molecular complexity index is 540. The third-order valence-corrected chi connectivity index (χ3v) is 3.58. The zero-order valence-corrected chi connectivity index (χ0v) is 11.2. The van der Waals surface area contributed by atoms with Crippen molar-refractivity contribution in [2.24, 2.45) is 0 Å². The molecule has 19 heavy (non-hydrogen) atoms. The number of halogens is 3. The molecule has 1 nitrogen and oxygen atoms in total. The van der Waals surface area contributed by atoms with Gasteiger partial charge in [0.05, 0.1) is 0 Å². The smallest absolute Gasteiger partial charge is 0.161 e. The lowest BCUT2D eigenvalue weighted by Crippen LogP contribution is -2.27. The van der Waals surface area contributed by atoms with Crippen LogP contribution in [0, 0.1) is 17.5 Å². The van der Waals surface area contributed by atoms with Gasteiger partial charge in [-0.05, 0) is 41.8 Å². The van der Waals surface area contributed by atoms with Crippen LogP contribution < -0.4 is 5.32 Å². The number of rotatable bonds is 5. The molecule has 1 aromatic carbocycles. The van der Waals surface area contributed by atoms with E-state index in [1.807, 2.05) is 18.4 Å². The molecule has 5 heteroatoms. The van der Waals surface area contributed by atoms with Gasteiger partial charge in [-0.2, -0.15) is 11.3 Å². The molecule has 2 rings (SSSR count). The van der Waals surface area contributed by atoms with Crippen molar-refractivity contribution in [1.29, 1.82) is 0 Å². The van der Waals surface area contributed by atoms with Gasteiger partial charge in [-0.3, -0.25) is 0 Å². The van der Waals surface area contributed by atoms with Crippen LogP contribution in [0.5, 0.6) is 0 Å². The number of nitrogens with one attached hydrogen (secondary N) is 1. The van der Waals surface area contributed by atoms with Crippen molar-refractivity contribution in [2.75, 3.05) is 0 Å². The summed E-state index contributed by atoms with van der Waals surface area (Å²) in [7, 11) is 0. The summed E-state index contributed by atoms with van der Waals surface area (Å²) in [5.41, 5.74) is 1.34. The van der Waals surface area contributed by atoms with Crippen molar-refractivity contribution in [3.8, 4) is 0 Å². The van der Waals surface area contributed by atoms with Crippen LogP contribution in [-0.2, 0) is 13.0 Å². The Labute approximate surface area is 114 Å². The van der Waals surface area contributed by atoms with Crippen LogP contribution in [0.1, 0.15) is 18.1 Å². The van der Waals surface area contributed by atoms with Gasteiger partial charge in [-0.15, -0.1) is 0 Å². The first-order chi connectivity index (χ1) is 9.06. The molecule has 0 aliphatic heterocycles. The number of hydrogen-bond donors (Lipinski definition) is 1. The van der Waals surface area contributed by atoms with E-state index in [-0.39, 0.29) is 18.2 Å². The van der Waals surface area contributed by atoms with Crippen LogP contribution in [0.15, 0.2) is 29.0 Å². The summed E-state index contributed by atoms with van der Waals surface area (Å²) in [6.07, 6.45) is 0.814. The zero-order valence-electron chi connectivity index (χ0n) is 10.4. The van der Waals surface area contributed by atoms with Crippen LogP contribution in [0.3, 0.4) is 0 Å². The van der Waals surface area contributed by atoms with Crippen LogP contribution in [0.4, 0.5) is 13.2 Å². The van der Waals surface area contributed by atoms with Gasteiger partial charge in [0.1, 0.15) is 5.82 Å². The van der Waals surface area contributed by atoms with E-state index in [0.717, 1.165) is 12.5 Å². The molecular weight excluding hydrogens is 271 g/mol. The molecule has 0 spiro atoms. The van der Waals surface area contributed by atoms with Gasteiger partial charge in [0, 0.05) is 24.2 Å². The third kappa shape index (κ3) is 3.81. The molecule has 2 aromatic rings. The van der Waals surface area contributed by atoms with Crippen molar-refractivity contribution >= 4 is 11.3 Å². The van der Waals surface area contributed by atoms with E-state index in [1.54, 1.807) is 11.3 Å². The summed E-state index contributed by atoms with van der Waals surface area (Å²) in [4.78, 5) is 0. The highest BCUT2D eigenvalue weighted by molar-refractivity contribution is 7.07. The Balaban J connectivity index is 1.93. The maximum Gasteiger partial charge on any atom is 0.161 e. The summed E-state index contributed by atoms with van der Waals surface area (Å²) in [6, 6.07) is 3.63. The Morgan fingerprint density at radius 3 is 2.58 bits per heavy atom. The molecule has 1 atom stereocenters. The topological polar surface area (TPSA) is 12.0 Å². The number of thiophene rings is 1. The van der Waals surface area contributed by atoms with E-state index in [1.165, 1.54) is 5.56 Å². The van der Waals surface area contributed by atoms with Gasteiger partial charge in [0.25, 0.3) is 0 Å². The Morgan fingerprint density at radius 1 is 1.16 bits per heavy atom. The molecule has 0 aliphatic carbocycles. The molecule has 0 fully saturated rings. The van der Waals surface area contributed by atoms with Crippen molar-refractivity contribution in [3.63, 3.8) is 0 Å². The van der Waals surface area contributed by atoms with E-state index < -0.39 is 17.5 Å². The first-order valence-electron chi connectivity index (χ1n) is 5.94. The zero-order chi connectivity index (χ0) is 13.8. The summed E-state index contributed by atoms with van der Waals surface area (Å²) in [5, 5.41) is 7.15. The predicted octanol–water partition coefficient (Wildman–Crippen LogP) is 3.89. The quantitative estimate of drug-likeness (QED) is 0.822. The molecule has 0 amide bonds. The second-order valence-electron chi connectivity index (χ2n) is 4.48. The average molecular weight is 285 g/mol. The molecule has 1 unspecified atom stereocenters. The van der Waals surface area contributed by atoms with E-state index in [9.17, 15) is 13.2 Å². The predicted molar refractivity (Wildman–Crippen MR) is 70.6 cm³/mol.